The first-order valence-corrected chi connectivity index (χ1v) is 21.4. The van der Waals surface area contributed by atoms with E-state index in [1.54, 1.807) is 30.3 Å². The molecule has 5 amide bonds. The Balaban J connectivity index is 0.680. The Kier molecular flexibility index (Phi) is 10.1. The Morgan fingerprint density at radius 2 is 1.53 bits per heavy atom. The van der Waals surface area contributed by atoms with Crippen molar-refractivity contribution in [2.45, 2.75) is 43.8 Å². The molecule has 5 fully saturated rings. The molecule has 320 valence electrons. The van der Waals surface area contributed by atoms with Gasteiger partial charge in [-0.3, -0.25) is 39.1 Å². The van der Waals surface area contributed by atoms with Crippen molar-refractivity contribution in [1.82, 2.24) is 30.2 Å². The molecule has 3 aromatic carbocycles. The summed E-state index contributed by atoms with van der Waals surface area (Å²) in [5.41, 5.74) is 10.8. The molecule has 3 atom stereocenters. The fraction of sp³-hybridized carbons (Fsp3) is 0.400. The molecule has 0 radical (unpaired) electrons. The third-order valence-electron chi connectivity index (χ3n) is 13.3. The summed E-state index contributed by atoms with van der Waals surface area (Å²) in [6, 6.07) is 22.0. The van der Waals surface area contributed by atoms with Gasteiger partial charge in [-0.1, -0.05) is 18.2 Å². The lowest BCUT2D eigenvalue weighted by atomic mass is 9.96. The van der Waals surface area contributed by atoms with E-state index in [2.05, 4.69) is 42.3 Å². The third kappa shape index (κ3) is 7.18. The van der Waals surface area contributed by atoms with E-state index in [0.717, 1.165) is 73.3 Å². The summed E-state index contributed by atoms with van der Waals surface area (Å²) in [5, 5.41) is 21.1. The van der Waals surface area contributed by atoms with Crippen molar-refractivity contribution >= 4 is 52.4 Å². The summed E-state index contributed by atoms with van der Waals surface area (Å²) < 4.78 is 6.29. The molecule has 10 rings (SSSR count). The second-order valence-electron chi connectivity index (χ2n) is 17.0. The second-order valence-corrected chi connectivity index (χ2v) is 17.0. The first-order chi connectivity index (χ1) is 30.1. The van der Waals surface area contributed by atoms with Crippen LogP contribution in [0.25, 0.3) is 11.3 Å². The van der Waals surface area contributed by atoms with Crippen molar-refractivity contribution < 1.29 is 33.8 Å². The van der Waals surface area contributed by atoms with Crippen molar-refractivity contribution in [3.05, 3.63) is 83.9 Å². The number of carbonyl (C=O) groups is 5. The topological polar surface area (TPSA) is 198 Å². The number of para-hydroxylation sites is 1. The maximum Gasteiger partial charge on any atom is 0.262 e. The molecule has 62 heavy (non-hydrogen) atoms. The standard InChI is InChI=1S/C45H48N10O7/c46-41-38(22-36(48-49-41)34-6-1-2-7-39(34)56)53-25-30-8-9-31(26-53)54(30)29-4-3-5-32(20-29)62-19-18-50-14-16-51(17-15-50)43(59)27-23-52(24-27)28-10-11-33-35(21-28)45(61)55(44(33)60)37-12-13-40(57)47-42(37)58/h1-7,10-11,20-22,27,30-31,37,56H,8-9,12-19,23-26H2,(H2,46,49)(H,47,57,58). The SMILES string of the molecule is Nc1nnc(-c2ccccc2O)cc1N1CC2CCC(C1)N2c1cccc(OCCN2CCN(C(=O)C3CN(c4ccc5c(c4)C(=O)N(C4CCC(=O)NC4=O)C5=O)C3)CC2)c1. The van der Waals surface area contributed by atoms with Crippen LogP contribution in [0.5, 0.6) is 11.5 Å². The quantitative estimate of drug-likeness (QED) is 0.197. The zero-order valence-electron chi connectivity index (χ0n) is 34.2. The number of nitrogens with zero attached hydrogens (tertiary/aromatic N) is 8. The molecule has 6 aliphatic heterocycles. The van der Waals surface area contributed by atoms with Crippen LogP contribution >= 0.6 is 0 Å². The highest BCUT2D eigenvalue weighted by molar-refractivity contribution is 6.23. The molecule has 17 nitrogen and oxygen atoms in total. The number of phenols is 1. The molecule has 0 saturated carbocycles. The summed E-state index contributed by atoms with van der Waals surface area (Å²) in [4.78, 5) is 76.0. The number of piperidine rings is 1. The molecule has 1 aromatic heterocycles. The first-order valence-electron chi connectivity index (χ1n) is 21.4. The minimum Gasteiger partial charge on any atom is -0.507 e. The van der Waals surface area contributed by atoms with E-state index in [4.69, 9.17) is 10.5 Å². The molecule has 5 saturated heterocycles. The van der Waals surface area contributed by atoms with E-state index in [1.165, 1.54) is 0 Å². The summed E-state index contributed by atoms with van der Waals surface area (Å²) in [7, 11) is 0. The number of ether oxygens (including phenoxy) is 1. The van der Waals surface area contributed by atoms with Gasteiger partial charge in [0.1, 0.15) is 24.1 Å². The number of nitrogen functional groups attached to an aromatic ring is 1. The van der Waals surface area contributed by atoms with E-state index in [1.807, 2.05) is 40.1 Å². The number of piperazine rings is 2. The summed E-state index contributed by atoms with van der Waals surface area (Å²) in [6.07, 6.45) is 2.31. The number of rotatable bonds is 10. The van der Waals surface area contributed by atoms with Gasteiger partial charge in [0.2, 0.25) is 17.7 Å². The predicted octanol–water partition coefficient (Wildman–Crippen LogP) is 2.35. The van der Waals surface area contributed by atoms with Crippen LogP contribution in [0.3, 0.4) is 0 Å². The number of hydrogen-bond acceptors (Lipinski definition) is 14. The number of anilines is 4. The van der Waals surface area contributed by atoms with Gasteiger partial charge >= 0.3 is 0 Å². The van der Waals surface area contributed by atoms with E-state index >= 15 is 0 Å². The maximum atomic E-state index is 13.5. The summed E-state index contributed by atoms with van der Waals surface area (Å²) in [6.45, 7) is 6.69. The number of imide groups is 2. The average Bonchev–Trinajstić information content (AvgIpc) is 3.67. The van der Waals surface area contributed by atoms with Gasteiger partial charge in [-0.05, 0) is 67.8 Å². The average molecular weight is 841 g/mol. The fourth-order valence-corrected chi connectivity index (χ4v) is 9.97. The highest BCUT2D eigenvalue weighted by atomic mass is 16.5. The fourth-order valence-electron chi connectivity index (χ4n) is 9.97. The van der Waals surface area contributed by atoms with Gasteiger partial charge in [-0.2, -0.15) is 0 Å². The first kappa shape index (κ1) is 39.4. The number of aromatic hydroxyl groups is 1. The Bertz CT molecular complexity index is 2450. The van der Waals surface area contributed by atoms with Crippen molar-refractivity contribution in [1.29, 1.82) is 0 Å². The number of nitrogens with two attached hydrogens (primary N) is 1. The van der Waals surface area contributed by atoms with Crippen LogP contribution in [0.15, 0.2) is 72.8 Å². The Hall–Kier alpha value is -6.75. The lowest BCUT2D eigenvalue weighted by Crippen LogP contribution is -2.58. The van der Waals surface area contributed by atoms with Gasteiger partial charge in [0, 0.05) is 100 Å². The number of fused-ring (bicyclic) bond motifs is 3. The second kappa shape index (κ2) is 15.9. The molecular weight excluding hydrogens is 793 g/mol. The van der Waals surface area contributed by atoms with Gasteiger partial charge in [0.25, 0.3) is 11.8 Å². The van der Waals surface area contributed by atoms with Gasteiger partial charge in [-0.15, -0.1) is 10.2 Å². The molecule has 3 unspecified atom stereocenters. The monoisotopic (exact) mass is 840 g/mol. The zero-order valence-corrected chi connectivity index (χ0v) is 34.2. The lowest BCUT2D eigenvalue weighted by molar-refractivity contribution is -0.138. The number of phenolic OH excluding ortho intramolecular Hbond substituents is 1. The minimum absolute atomic E-state index is 0.0645. The number of nitrogens with one attached hydrogen (secondary N) is 1. The molecule has 4 aromatic rings. The molecule has 4 N–H and O–H groups in total. The van der Waals surface area contributed by atoms with Crippen LogP contribution in [-0.2, 0) is 14.4 Å². The summed E-state index contributed by atoms with van der Waals surface area (Å²) >= 11 is 0. The third-order valence-corrected chi connectivity index (χ3v) is 13.3. The van der Waals surface area contributed by atoms with Crippen molar-refractivity contribution in [3.8, 4) is 22.8 Å². The van der Waals surface area contributed by atoms with E-state index in [-0.39, 0.29) is 41.5 Å². The Morgan fingerprint density at radius 3 is 2.29 bits per heavy atom. The number of hydrogen-bond donors (Lipinski definition) is 3. The predicted molar refractivity (Wildman–Crippen MR) is 229 cm³/mol. The zero-order chi connectivity index (χ0) is 42.6. The molecular formula is C45H48N10O7. The minimum atomic E-state index is -1.01. The van der Waals surface area contributed by atoms with Crippen LogP contribution < -0.4 is 30.5 Å². The maximum absolute atomic E-state index is 13.5. The number of carbonyl (C=O) groups excluding carboxylic acids is 5. The van der Waals surface area contributed by atoms with Crippen molar-refractivity contribution in [2.75, 3.05) is 85.9 Å². The van der Waals surface area contributed by atoms with Crippen molar-refractivity contribution in [2.24, 2.45) is 5.92 Å². The normalized spacial score (nSPS) is 22.8. The van der Waals surface area contributed by atoms with Gasteiger partial charge < -0.3 is 35.2 Å². The molecule has 0 spiro atoms. The smallest absolute Gasteiger partial charge is 0.262 e. The number of aromatic nitrogens is 2. The number of benzene rings is 3. The van der Waals surface area contributed by atoms with Gasteiger partial charge in [0.05, 0.1) is 28.4 Å². The van der Waals surface area contributed by atoms with Gasteiger partial charge in [-0.25, -0.2) is 0 Å². The van der Waals surface area contributed by atoms with Crippen LogP contribution in [0.2, 0.25) is 0 Å². The Labute approximate surface area is 358 Å². The highest BCUT2D eigenvalue weighted by Crippen LogP contribution is 2.40. The molecule has 0 aliphatic carbocycles. The molecule has 6 aliphatic rings. The van der Waals surface area contributed by atoms with Crippen LogP contribution in [0.4, 0.5) is 22.9 Å². The lowest BCUT2D eigenvalue weighted by Gasteiger charge is -2.44. The molecule has 17 heteroatoms. The van der Waals surface area contributed by atoms with Crippen LogP contribution in [0.1, 0.15) is 46.4 Å². The van der Waals surface area contributed by atoms with E-state index < -0.39 is 29.7 Å². The molecule has 2 bridgehead atoms. The van der Waals surface area contributed by atoms with Crippen LogP contribution in [-0.4, -0.2) is 143 Å². The Morgan fingerprint density at radius 1 is 0.774 bits per heavy atom. The van der Waals surface area contributed by atoms with Gasteiger partial charge in [0.15, 0.2) is 5.82 Å². The van der Waals surface area contributed by atoms with Crippen LogP contribution in [0, 0.1) is 5.92 Å². The largest absolute Gasteiger partial charge is 0.507 e. The number of amides is 5. The van der Waals surface area contributed by atoms with Crippen molar-refractivity contribution in [3.63, 3.8) is 0 Å². The highest BCUT2D eigenvalue weighted by Gasteiger charge is 2.46. The van der Waals surface area contributed by atoms with E-state index in [0.29, 0.717) is 61.9 Å². The summed E-state index contributed by atoms with van der Waals surface area (Å²) in [5.74, 6) is -0.812. The van der Waals surface area contributed by atoms with E-state index in [9.17, 15) is 29.1 Å². The molecule has 7 heterocycles.